The van der Waals surface area contributed by atoms with Crippen molar-refractivity contribution in [1.82, 2.24) is 5.01 Å². The first-order valence-electron chi connectivity index (χ1n) is 23.4. The molecule has 0 bridgehead atoms. The van der Waals surface area contributed by atoms with Gasteiger partial charge in [-0.2, -0.15) is 5.26 Å². The molecular formula is C53H63N3O8S4. The van der Waals surface area contributed by atoms with Gasteiger partial charge < -0.3 is 14.2 Å². The lowest BCUT2D eigenvalue weighted by molar-refractivity contribution is -0.140. The molecule has 3 aliphatic rings. The summed E-state index contributed by atoms with van der Waals surface area (Å²) in [7, 11) is 0. The highest BCUT2D eigenvalue weighted by atomic mass is 32.2. The van der Waals surface area contributed by atoms with Crippen LogP contribution < -0.4 is 14.5 Å². The maximum atomic E-state index is 14.8. The Morgan fingerprint density at radius 1 is 0.721 bits per heavy atom. The molecule has 1 fully saturated rings. The molecular weight excluding hydrogens is 935 g/mol. The highest BCUT2D eigenvalue weighted by molar-refractivity contribution is 8.26. The second-order valence-electron chi connectivity index (χ2n) is 20.2. The van der Waals surface area contributed by atoms with Crippen LogP contribution in [0.2, 0.25) is 0 Å². The number of nitriles is 1. The molecule has 0 saturated carbocycles. The maximum absolute atomic E-state index is 14.8. The van der Waals surface area contributed by atoms with E-state index >= 15 is 0 Å². The highest BCUT2D eigenvalue weighted by Crippen LogP contribution is 2.69. The number of benzene rings is 3. The molecule has 0 aliphatic carbocycles. The Hall–Kier alpha value is -4.62. The molecule has 3 aliphatic heterocycles. The summed E-state index contributed by atoms with van der Waals surface area (Å²) >= 11 is 4.34. The molecule has 0 spiro atoms. The molecule has 6 rings (SSSR count). The van der Waals surface area contributed by atoms with Crippen LogP contribution in [0, 0.1) is 39.9 Å². The van der Waals surface area contributed by atoms with E-state index in [9.17, 15) is 29.2 Å². The van der Waals surface area contributed by atoms with Crippen molar-refractivity contribution in [3.63, 3.8) is 0 Å². The minimum atomic E-state index is -0.765. The van der Waals surface area contributed by atoms with Crippen molar-refractivity contribution in [2.45, 2.75) is 147 Å². The van der Waals surface area contributed by atoms with E-state index in [1.807, 2.05) is 57.2 Å². The van der Waals surface area contributed by atoms with E-state index in [0.29, 0.717) is 33.7 Å². The van der Waals surface area contributed by atoms with Crippen LogP contribution in [0.4, 0.5) is 5.69 Å². The van der Waals surface area contributed by atoms with Gasteiger partial charge in [0.15, 0.2) is 17.1 Å². The van der Waals surface area contributed by atoms with E-state index in [0.717, 1.165) is 91.1 Å². The average molecular weight is 998 g/mol. The molecule has 15 heteroatoms. The number of carbonyl (C=O) groups is 5. The Morgan fingerprint density at radius 2 is 1.22 bits per heavy atom. The van der Waals surface area contributed by atoms with Crippen molar-refractivity contribution in [3.8, 4) is 17.6 Å². The number of ether oxygens (including phenoxy) is 3. The van der Waals surface area contributed by atoms with Gasteiger partial charge in [-0.15, -0.1) is 0 Å². The first-order chi connectivity index (χ1) is 32.2. The molecule has 3 atom stereocenters. The van der Waals surface area contributed by atoms with Crippen LogP contribution in [0.25, 0.3) is 0 Å². The Labute approximate surface area is 418 Å². The molecule has 68 heavy (non-hydrogen) atoms. The predicted molar refractivity (Wildman–Crippen MR) is 272 cm³/mol. The zero-order valence-corrected chi connectivity index (χ0v) is 44.1. The van der Waals surface area contributed by atoms with E-state index < -0.39 is 29.7 Å². The van der Waals surface area contributed by atoms with Crippen molar-refractivity contribution >= 4 is 82.5 Å². The monoisotopic (exact) mass is 997 g/mol. The summed E-state index contributed by atoms with van der Waals surface area (Å²) in [6, 6.07) is 20.4. The summed E-state index contributed by atoms with van der Waals surface area (Å²) in [5, 5.41) is 13.3. The smallest absolute Gasteiger partial charge is 0.350 e. The number of hydrogen-bond acceptors (Lipinski definition) is 13. The fourth-order valence-corrected chi connectivity index (χ4v) is 14.1. The average Bonchev–Trinajstić information content (AvgIpc) is 3.96. The highest BCUT2D eigenvalue weighted by Gasteiger charge is 2.48. The zero-order valence-electron chi connectivity index (χ0n) is 40.8. The second kappa shape index (κ2) is 22.9. The number of carbonyl (C=O) groups excluding carboxylic acids is 5. The topological polar surface area (TPSA) is 143 Å². The van der Waals surface area contributed by atoms with Crippen molar-refractivity contribution in [2.24, 2.45) is 28.6 Å². The summed E-state index contributed by atoms with van der Waals surface area (Å²) in [6.45, 7) is 21.1. The summed E-state index contributed by atoms with van der Waals surface area (Å²) in [5.41, 5.74) is 0.939. The summed E-state index contributed by atoms with van der Waals surface area (Å²) in [6.07, 6.45) is 5.42. The fraction of sp³-hybridized carbons (Fsp3) is 0.472. The second-order valence-corrected chi connectivity index (χ2v) is 24.8. The van der Waals surface area contributed by atoms with Gasteiger partial charge in [0.2, 0.25) is 0 Å². The number of para-hydroxylation sites is 1. The van der Waals surface area contributed by atoms with Crippen molar-refractivity contribution in [2.75, 3.05) is 11.6 Å². The molecule has 1 saturated heterocycles. The minimum Gasteiger partial charge on any atom is -0.461 e. The number of unbranched alkanes of at least 4 members (excludes halogenated alkanes) is 1. The number of rotatable bonds is 18. The van der Waals surface area contributed by atoms with Crippen LogP contribution in [-0.2, 0) is 35.3 Å². The predicted octanol–water partition coefficient (Wildman–Crippen LogP) is 13.5. The number of hydrogen-bond donors (Lipinski definition) is 0. The Balaban J connectivity index is 1.49. The van der Waals surface area contributed by atoms with Gasteiger partial charge in [-0.25, -0.2) is 14.8 Å². The van der Waals surface area contributed by atoms with Gasteiger partial charge >= 0.3 is 17.9 Å². The lowest BCUT2D eigenvalue weighted by Crippen LogP contribution is -2.40. The van der Waals surface area contributed by atoms with Gasteiger partial charge in [0, 0.05) is 12.8 Å². The largest absolute Gasteiger partial charge is 0.461 e. The maximum Gasteiger partial charge on any atom is 0.350 e. The van der Waals surface area contributed by atoms with Crippen molar-refractivity contribution in [3.05, 3.63) is 85.8 Å². The van der Waals surface area contributed by atoms with Crippen LogP contribution in [-0.4, -0.2) is 41.3 Å². The number of fused-ring (bicyclic) bond motifs is 2. The molecule has 3 aromatic rings. The zero-order chi connectivity index (χ0) is 49.5. The molecule has 3 unspecified atom stereocenters. The van der Waals surface area contributed by atoms with E-state index in [-0.39, 0.29) is 77.2 Å². The van der Waals surface area contributed by atoms with Gasteiger partial charge in [-0.05, 0) is 65.5 Å². The van der Waals surface area contributed by atoms with Crippen LogP contribution >= 0.6 is 47.0 Å². The lowest BCUT2D eigenvalue weighted by Gasteiger charge is -2.27. The Bertz CT molecular complexity index is 2420. The van der Waals surface area contributed by atoms with E-state index in [1.54, 1.807) is 24.3 Å². The number of nitrogens with zero attached hydrogens (tertiary/aromatic N) is 3. The van der Waals surface area contributed by atoms with Gasteiger partial charge in [-0.3, -0.25) is 19.2 Å². The van der Waals surface area contributed by atoms with Crippen LogP contribution in [0.1, 0.15) is 126 Å². The Morgan fingerprint density at radius 3 is 1.69 bits per heavy atom. The number of esters is 3. The van der Waals surface area contributed by atoms with Crippen LogP contribution in [0.5, 0.6) is 11.5 Å². The minimum absolute atomic E-state index is 0.0337. The van der Waals surface area contributed by atoms with E-state index in [1.165, 1.54) is 10.0 Å². The fourth-order valence-electron chi connectivity index (χ4n) is 8.67. The summed E-state index contributed by atoms with van der Waals surface area (Å²) in [4.78, 5) is 72.9. The number of amides is 2. The first-order valence-corrected chi connectivity index (χ1v) is 26.7. The molecule has 0 aromatic heterocycles. The van der Waals surface area contributed by atoms with Crippen LogP contribution in [0.3, 0.4) is 0 Å². The SMILES string of the molecule is CCCCC(CC)COC(=O)C(C#N)=C1Sc2c(OC(=O)CC(C)CC(C)(C)C)c3c(c(OC(=O)CC(C)CC(C)(C)C)c2S1)SC(=C1C(=O)N(Cc2ccccc2)N(c2ccccc2)C1=O)S3. The number of hydrazine groups is 1. The standard InChI is InChI=1S/C53H63N3O8S4/c1-11-13-20-34(12-2)31-62-49(61)37(29-54)50-65-43-41(63-38(57)25-32(3)27-52(5,6)7)45-46(42(44(43)66-50)64-39(58)26-33(4)28-53(8,9)10)68-51(67-45)40-47(59)55(30-35-21-16-14-17-22-35)56(48(40)60)36-23-18-15-19-24-36/h14-19,21-24,32-34H,11-13,20,25-28,30-31H2,1-10H3. The lowest BCUT2D eigenvalue weighted by atomic mass is 9.84. The third-order valence-corrected chi connectivity index (χ3v) is 16.6. The van der Waals surface area contributed by atoms with Gasteiger partial charge in [0.25, 0.3) is 11.8 Å². The van der Waals surface area contributed by atoms with Crippen LogP contribution in [0.15, 0.2) is 99.9 Å². The molecule has 3 aromatic carbocycles. The molecule has 3 heterocycles. The molecule has 0 radical (unpaired) electrons. The number of anilines is 1. The summed E-state index contributed by atoms with van der Waals surface area (Å²) < 4.78 is 19.2. The van der Waals surface area contributed by atoms with Crippen molar-refractivity contribution < 1.29 is 38.2 Å². The van der Waals surface area contributed by atoms with Gasteiger partial charge in [-0.1, -0.05) is 184 Å². The molecule has 2 amide bonds. The van der Waals surface area contributed by atoms with E-state index in [4.69, 9.17) is 14.2 Å². The normalized spacial score (nSPS) is 16.0. The first kappa shape index (κ1) is 52.7. The Kier molecular flexibility index (Phi) is 17.7. The van der Waals surface area contributed by atoms with Gasteiger partial charge in [0.05, 0.1) is 46.9 Å². The third kappa shape index (κ3) is 13.2. The quantitative estimate of drug-likeness (QED) is 0.0392. The molecule has 362 valence electrons. The van der Waals surface area contributed by atoms with E-state index in [2.05, 4.69) is 54.5 Å². The molecule has 0 N–H and O–H groups in total. The molecule has 11 nitrogen and oxygen atoms in total. The third-order valence-electron chi connectivity index (χ3n) is 11.4. The number of thioether (sulfide) groups is 4. The van der Waals surface area contributed by atoms with Crippen molar-refractivity contribution in [1.29, 1.82) is 5.26 Å². The summed E-state index contributed by atoms with van der Waals surface area (Å²) in [5.74, 6) is -2.47. The van der Waals surface area contributed by atoms with Gasteiger partial charge in [0.1, 0.15) is 11.6 Å².